The molecule has 33 heavy (non-hydrogen) atoms. The third-order valence-electron chi connectivity index (χ3n) is 5.92. The minimum Gasteiger partial charge on any atom is -0.491 e. The maximum atomic E-state index is 14.2. The molecule has 5 rings (SSSR count). The van der Waals surface area contributed by atoms with Crippen molar-refractivity contribution < 1.29 is 18.3 Å². The van der Waals surface area contributed by atoms with Crippen molar-refractivity contribution in [3.63, 3.8) is 0 Å². The van der Waals surface area contributed by atoms with Crippen molar-refractivity contribution in [3.8, 4) is 17.1 Å². The molecule has 0 bridgehead atoms. The van der Waals surface area contributed by atoms with Gasteiger partial charge in [0.05, 0.1) is 24.9 Å². The number of methoxy groups -OCH3 is 1. The number of benzene rings is 1. The highest BCUT2D eigenvalue weighted by atomic mass is 19.1. The molecule has 1 aromatic carbocycles. The quantitative estimate of drug-likeness (QED) is 0.584. The smallest absolute Gasteiger partial charge is 0.190 e. The zero-order valence-corrected chi connectivity index (χ0v) is 18.8. The predicted octanol–water partition coefficient (Wildman–Crippen LogP) is 3.21. The molecule has 0 saturated carbocycles. The van der Waals surface area contributed by atoms with E-state index in [0.29, 0.717) is 18.1 Å². The topological polar surface area (TPSA) is 68.5 Å². The highest BCUT2D eigenvalue weighted by Gasteiger charge is 2.27. The fourth-order valence-corrected chi connectivity index (χ4v) is 4.72. The summed E-state index contributed by atoms with van der Waals surface area (Å²) in [7, 11) is 1.24. The number of rotatable bonds is 5. The van der Waals surface area contributed by atoms with E-state index >= 15 is 0 Å². The summed E-state index contributed by atoms with van der Waals surface area (Å²) >= 11 is 0. The maximum absolute atomic E-state index is 14.2. The number of anilines is 1. The van der Waals surface area contributed by atoms with E-state index in [0.717, 1.165) is 36.6 Å². The lowest BCUT2D eigenvalue weighted by Gasteiger charge is -2.35. The molecular formula is C23H26F2N6O2. The molecule has 174 valence electrons. The Morgan fingerprint density at radius 1 is 1.03 bits per heavy atom. The minimum atomic E-state index is -0.733. The van der Waals surface area contributed by atoms with E-state index in [-0.39, 0.29) is 24.5 Å². The summed E-state index contributed by atoms with van der Waals surface area (Å²) in [5, 5.41) is 4.32. The van der Waals surface area contributed by atoms with Gasteiger partial charge in [-0.3, -0.25) is 4.90 Å². The highest BCUT2D eigenvalue weighted by molar-refractivity contribution is 5.73. The van der Waals surface area contributed by atoms with Crippen LogP contribution in [0.25, 0.3) is 11.4 Å². The zero-order chi connectivity index (χ0) is 23.1. The molecule has 0 radical (unpaired) electrons. The Hall–Kier alpha value is -3.11. The van der Waals surface area contributed by atoms with Gasteiger partial charge in [0, 0.05) is 32.4 Å². The molecule has 0 N–H and O–H groups in total. The van der Waals surface area contributed by atoms with E-state index < -0.39 is 11.6 Å². The number of ether oxygens (including phenoxy) is 2. The molecule has 0 unspecified atom stereocenters. The Kier molecular flexibility index (Phi) is 5.71. The molecule has 8 nitrogen and oxygen atoms in total. The number of nitrogens with zero attached hydrogens (tertiary/aromatic N) is 6. The molecule has 0 aliphatic carbocycles. The molecule has 2 aliphatic heterocycles. The molecular weight excluding hydrogens is 430 g/mol. The zero-order valence-electron chi connectivity index (χ0n) is 18.8. The van der Waals surface area contributed by atoms with Crippen LogP contribution in [0.2, 0.25) is 0 Å². The van der Waals surface area contributed by atoms with Crippen molar-refractivity contribution in [1.29, 1.82) is 0 Å². The van der Waals surface area contributed by atoms with Gasteiger partial charge in [0.25, 0.3) is 0 Å². The van der Waals surface area contributed by atoms with Crippen LogP contribution in [0.1, 0.15) is 25.0 Å². The molecule has 2 atom stereocenters. The van der Waals surface area contributed by atoms with E-state index in [9.17, 15) is 8.78 Å². The van der Waals surface area contributed by atoms with Crippen molar-refractivity contribution in [1.82, 2.24) is 24.6 Å². The highest BCUT2D eigenvalue weighted by Crippen LogP contribution is 2.35. The number of morpholine rings is 1. The monoisotopic (exact) mass is 456 g/mol. The van der Waals surface area contributed by atoms with Crippen LogP contribution in [-0.2, 0) is 24.5 Å². The van der Waals surface area contributed by atoms with Gasteiger partial charge in [-0.15, -0.1) is 0 Å². The van der Waals surface area contributed by atoms with Gasteiger partial charge in [0.2, 0.25) is 0 Å². The molecule has 2 aliphatic rings. The molecule has 1 fully saturated rings. The van der Waals surface area contributed by atoms with E-state index in [4.69, 9.17) is 14.5 Å². The number of hydrogen-bond donors (Lipinski definition) is 0. The van der Waals surface area contributed by atoms with Gasteiger partial charge in [-0.1, -0.05) is 0 Å². The predicted molar refractivity (Wildman–Crippen MR) is 118 cm³/mol. The number of hydrogen-bond acceptors (Lipinski definition) is 7. The van der Waals surface area contributed by atoms with Gasteiger partial charge >= 0.3 is 0 Å². The number of pyridine rings is 1. The average Bonchev–Trinajstić information content (AvgIpc) is 3.21. The summed E-state index contributed by atoms with van der Waals surface area (Å²) in [4.78, 5) is 13.4. The summed E-state index contributed by atoms with van der Waals surface area (Å²) in [6.07, 6.45) is 3.73. The second-order valence-electron chi connectivity index (χ2n) is 8.68. The number of aromatic nitrogens is 4. The van der Waals surface area contributed by atoms with Crippen LogP contribution in [0.15, 0.2) is 30.7 Å². The molecule has 3 aromatic rings. The first-order chi connectivity index (χ1) is 15.9. The molecule has 0 amide bonds. The normalized spacial score (nSPS) is 20.5. The fourth-order valence-electron chi connectivity index (χ4n) is 4.72. The van der Waals surface area contributed by atoms with E-state index in [1.807, 2.05) is 11.1 Å². The van der Waals surface area contributed by atoms with Gasteiger partial charge in [-0.2, -0.15) is 5.10 Å². The molecule has 2 aromatic heterocycles. The van der Waals surface area contributed by atoms with Crippen LogP contribution >= 0.6 is 0 Å². The van der Waals surface area contributed by atoms with E-state index in [1.165, 1.54) is 25.6 Å². The van der Waals surface area contributed by atoms with Crippen LogP contribution in [0.3, 0.4) is 0 Å². The Morgan fingerprint density at radius 3 is 2.45 bits per heavy atom. The average molecular weight is 456 g/mol. The summed E-state index contributed by atoms with van der Waals surface area (Å²) in [6, 6.07) is 4.65. The Morgan fingerprint density at radius 2 is 1.76 bits per heavy atom. The van der Waals surface area contributed by atoms with Crippen molar-refractivity contribution in [2.45, 2.75) is 45.8 Å². The first-order valence-corrected chi connectivity index (χ1v) is 10.9. The largest absolute Gasteiger partial charge is 0.491 e. The first-order valence-electron chi connectivity index (χ1n) is 10.9. The van der Waals surface area contributed by atoms with E-state index in [2.05, 4.69) is 34.9 Å². The van der Waals surface area contributed by atoms with Crippen molar-refractivity contribution >= 4 is 5.82 Å². The van der Waals surface area contributed by atoms with Gasteiger partial charge in [-0.25, -0.2) is 23.4 Å². The molecule has 0 spiro atoms. The first kappa shape index (κ1) is 21.7. The van der Waals surface area contributed by atoms with Gasteiger partial charge < -0.3 is 14.4 Å². The Labute approximate surface area is 190 Å². The summed E-state index contributed by atoms with van der Waals surface area (Å²) in [5.74, 6) is -0.413. The van der Waals surface area contributed by atoms with Gasteiger partial charge in [0.15, 0.2) is 23.2 Å². The SMILES string of the molecule is COc1c(F)cc(CN2Cn3ncnc3-c3cc(CN4C[C@@H](C)O[C@@H](C)C4)cnc32)cc1F. The maximum Gasteiger partial charge on any atom is 0.190 e. The third-order valence-corrected chi connectivity index (χ3v) is 5.92. The summed E-state index contributed by atoms with van der Waals surface area (Å²) in [5.41, 5.74) is 2.38. The summed E-state index contributed by atoms with van der Waals surface area (Å²) in [6.45, 7) is 7.27. The third kappa shape index (κ3) is 4.28. The van der Waals surface area contributed by atoms with Gasteiger partial charge in [-0.05, 0) is 43.2 Å². The van der Waals surface area contributed by atoms with Gasteiger partial charge in [0.1, 0.15) is 18.8 Å². The fraction of sp³-hybridized carbons (Fsp3) is 0.435. The second-order valence-corrected chi connectivity index (χ2v) is 8.68. The van der Waals surface area contributed by atoms with E-state index in [1.54, 1.807) is 4.68 Å². The van der Waals surface area contributed by atoms with Crippen LogP contribution in [0, 0.1) is 11.6 Å². The summed E-state index contributed by atoms with van der Waals surface area (Å²) < 4.78 is 40.9. The van der Waals surface area contributed by atoms with Crippen molar-refractivity contribution in [2.24, 2.45) is 0 Å². The minimum absolute atomic E-state index is 0.184. The van der Waals surface area contributed by atoms with Crippen molar-refractivity contribution in [2.75, 3.05) is 25.1 Å². The Bertz CT molecular complexity index is 1140. The Balaban J connectivity index is 1.44. The standard InChI is InChI=1S/C23H26F2N6O2/c1-14-8-29(9-15(2)33-14)10-17-4-18-22(26-7-17)30(13-31-23(18)27-12-28-31)11-16-5-19(24)21(32-3)20(25)6-16/h4-7,12,14-15H,8-11,13H2,1-3H3/t14-,15+. The van der Waals surface area contributed by atoms with Crippen molar-refractivity contribution in [3.05, 3.63) is 53.5 Å². The van der Waals surface area contributed by atoms with Crippen LogP contribution in [0.4, 0.5) is 14.6 Å². The molecule has 1 saturated heterocycles. The van der Waals surface area contributed by atoms with Crippen LogP contribution in [-0.4, -0.2) is 57.1 Å². The van der Waals surface area contributed by atoms with Crippen LogP contribution in [0.5, 0.6) is 5.75 Å². The molecule has 10 heteroatoms. The second kappa shape index (κ2) is 8.68. The van der Waals surface area contributed by atoms with Crippen LogP contribution < -0.4 is 9.64 Å². The lowest BCUT2D eigenvalue weighted by Crippen LogP contribution is -2.44. The number of halogens is 2. The number of fused-ring (bicyclic) bond motifs is 3. The lowest BCUT2D eigenvalue weighted by molar-refractivity contribution is -0.0705. The lowest BCUT2D eigenvalue weighted by atomic mass is 10.1. The molecule has 4 heterocycles.